The molecular weight excluding hydrogens is 263 g/mol. The van der Waals surface area contributed by atoms with Gasteiger partial charge in [-0.2, -0.15) is 0 Å². The molecule has 4 heteroatoms. The van der Waals surface area contributed by atoms with E-state index >= 15 is 0 Å². The Morgan fingerprint density at radius 3 is 2.53 bits per heavy atom. The number of likely N-dealkylation sites (N-methyl/N-ethyl adjacent to an activating group) is 1. The Kier molecular flexibility index (Phi) is 7.36. The molecule has 1 aromatic carbocycles. The van der Waals surface area contributed by atoms with Gasteiger partial charge in [0.2, 0.25) is 0 Å². The Labute approximate surface area is 120 Å². The van der Waals surface area contributed by atoms with Crippen LogP contribution in [0, 0.1) is 5.82 Å². The van der Waals surface area contributed by atoms with Crippen LogP contribution in [0.15, 0.2) is 18.2 Å². The Morgan fingerprint density at radius 1 is 1.32 bits per heavy atom. The molecule has 1 unspecified atom stereocenters. The topological polar surface area (TPSA) is 15.3 Å². The van der Waals surface area contributed by atoms with E-state index in [2.05, 4.69) is 24.1 Å². The minimum atomic E-state index is -0.352. The quantitative estimate of drug-likeness (QED) is 0.788. The zero-order valence-electron chi connectivity index (χ0n) is 12.0. The molecule has 1 rings (SSSR count). The third-order valence-corrected chi connectivity index (χ3v) is 3.85. The second-order valence-corrected chi connectivity index (χ2v) is 5.16. The molecule has 1 N–H and O–H groups in total. The summed E-state index contributed by atoms with van der Waals surface area (Å²) in [6, 6.07) is 5.36. The SMILES string of the molecule is CCN(CC)CCC(Cc1ccc(F)c(Cl)c1)NC. The summed E-state index contributed by atoms with van der Waals surface area (Å²) in [6.07, 6.45) is 1.95. The number of nitrogens with zero attached hydrogens (tertiary/aromatic N) is 1. The molecule has 2 nitrogen and oxygen atoms in total. The van der Waals surface area contributed by atoms with Gasteiger partial charge in [-0.15, -0.1) is 0 Å². The van der Waals surface area contributed by atoms with Gasteiger partial charge in [0.1, 0.15) is 5.82 Å². The van der Waals surface area contributed by atoms with Crippen molar-refractivity contribution in [1.82, 2.24) is 10.2 Å². The molecule has 1 aromatic rings. The molecule has 19 heavy (non-hydrogen) atoms. The molecule has 0 radical (unpaired) electrons. The summed E-state index contributed by atoms with van der Waals surface area (Å²) < 4.78 is 13.1. The van der Waals surface area contributed by atoms with Crippen LogP contribution >= 0.6 is 11.6 Å². The van der Waals surface area contributed by atoms with E-state index in [9.17, 15) is 4.39 Å². The number of nitrogens with one attached hydrogen (secondary N) is 1. The molecule has 0 fully saturated rings. The van der Waals surface area contributed by atoms with Crippen LogP contribution in [0.4, 0.5) is 4.39 Å². The van der Waals surface area contributed by atoms with Gasteiger partial charge in [-0.1, -0.05) is 31.5 Å². The number of hydrogen-bond acceptors (Lipinski definition) is 2. The predicted molar refractivity (Wildman–Crippen MR) is 80.4 cm³/mol. The lowest BCUT2D eigenvalue weighted by atomic mass is 10.0. The van der Waals surface area contributed by atoms with Crippen molar-refractivity contribution in [2.24, 2.45) is 0 Å². The Hall–Kier alpha value is -0.640. The van der Waals surface area contributed by atoms with Crippen LogP contribution in [-0.4, -0.2) is 37.6 Å². The normalized spacial score (nSPS) is 12.9. The zero-order chi connectivity index (χ0) is 14.3. The van der Waals surface area contributed by atoms with E-state index in [4.69, 9.17) is 11.6 Å². The third kappa shape index (κ3) is 5.47. The van der Waals surface area contributed by atoms with Crippen LogP contribution in [0.1, 0.15) is 25.8 Å². The highest BCUT2D eigenvalue weighted by atomic mass is 35.5. The van der Waals surface area contributed by atoms with Gasteiger partial charge in [0, 0.05) is 6.04 Å². The molecule has 0 aromatic heterocycles. The summed E-state index contributed by atoms with van der Waals surface area (Å²) in [4.78, 5) is 2.40. The molecule has 1 atom stereocenters. The van der Waals surface area contributed by atoms with Crippen molar-refractivity contribution in [1.29, 1.82) is 0 Å². The van der Waals surface area contributed by atoms with E-state index in [0.29, 0.717) is 6.04 Å². The zero-order valence-corrected chi connectivity index (χ0v) is 12.8. The van der Waals surface area contributed by atoms with Gasteiger partial charge in [0.15, 0.2) is 0 Å². The molecular formula is C15H24ClFN2. The average molecular weight is 287 g/mol. The maximum Gasteiger partial charge on any atom is 0.141 e. The summed E-state index contributed by atoms with van der Waals surface area (Å²) >= 11 is 5.81. The second kappa shape index (κ2) is 8.51. The fourth-order valence-electron chi connectivity index (χ4n) is 2.18. The van der Waals surface area contributed by atoms with Gasteiger partial charge >= 0.3 is 0 Å². The van der Waals surface area contributed by atoms with Gasteiger partial charge in [-0.05, 0) is 57.2 Å². The Bertz CT molecular complexity index is 380. The molecule has 0 aliphatic heterocycles. The van der Waals surface area contributed by atoms with E-state index in [0.717, 1.165) is 38.0 Å². The molecule has 0 saturated heterocycles. The highest BCUT2D eigenvalue weighted by Crippen LogP contribution is 2.17. The predicted octanol–water partition coefficient (Wildman–Crippen LogP) is 3.34. The summed E-state index contributed by atoms with van der Waals surface area (Å²) in [6.45, 7) is 7.59. The fraction of sp³-hybridized carbons (Fsp3) is 0.600. The number of benzene rings is 1. The second-order valence-electron chi connectivity index (χ2n) is 4.75. The van der Waals surface area contributed by atoms with Crippen molar-refractivity contribution >= 4 is 11.6 Å². The van der Waals surface area contributed by atoms with Crippen LogP contribution in [0.2, 0.25) is 5.02 Å². The number of rotatable bonds is 8. The average Bonchev–Trinajstić information content (AvgIpc) is 2.42. The fourth-order valence-corrected chi connectivity index (χ4v) is 2.38. The van der Waals surface area contributed by atoms with Crippen molar-refractivity contribution in [3.05, 3.63) is 34.6 Å². The van der Waals surface area contributed by atoms with E-state index < -0.39 is 0 Å². The van der Waals surface area contributed by atoms with E-state index in [1.807, 2.05) is 13.1 Å². The standard InChI is InChI=1S/C15H24ClFN2/c1-4-19(5-2)9-8-13(18-3)10-12-6-7-15(17)14(16)11-12/h6-7,11,13,18H,4-5,8-10H2,1-3H3. The maximum atomic E-state index is 13.1. The largest absolute Gasteiger partial charge is 0.317 e. The molecule has 0 aliphatic carbocycles. The lowest BCUT2D eigenvalue weighted by molar-refractivity contribution is 0.283. The van der Waals surface area contributed by atoms with Gasteiger partial charge < -0.3 is 10.2 Å². The summed E-state index contributed by atoms with van der Waals surface area (Å²) in [5.41, 5.74) is 1.07. The first-order chi connectivity index (χ1) is 9.10. The lowest BCUT2D eigenvalue weighted by Crippen LogP contribution is -2.33. The van der Waals surface area contributed by atoms with Crippen LogP contribution in [0.5, 0.6) is 0 Å². The van der Waals surface area contributed by atoms with E-state index in [-0.39, 0.29) is 10.8 Å². The van der Waals surface area contributed by atoms with Gasteiger partial charge in [0.25, 0.3) is 0 Å². The van der Waals surface area contributed by atoms with Crippen LogP contribution in [-0.2, 0) is 6.42 Å². The minimum absolute atomic E-state index is 0.205. The van der Waals surface area contributed by atoms with Gasteiger partial charge in [-0.25, -0.2) is 4.39 Å². The minimum Gasteiger partial charge on any atom is -0.317 e. The maximum absolute atomic E-state index is 13.1. The van der Waals surface area contributed by atoms with Crippen molar-refractivity contribution < 1.29 is 4.39 Å². The molecule has 0 saturated carbocycles. The monoisotopic (exact) mass is 286 g/mol. The molecule has 0 spiro atoms. The molecule has 108 valence electrons. The van der Waals surface area contributed by atoms with E-state index in [1.54, 1.807) is 6.07 Å². The summed E-state index contributed by atoms with van der Waals surface area (Å²) in [5.74, 6) is -0.352. The number of halogens is 2. The van der Waals surface area contributed by atoms with Crippen molar-refractivity contribution in [3.63, 3.8) is 0 Å². The van der Waals surface area contributed by atoms with Gasteiger partial charge in [0.05, 0.1) is 5.02 Å². The van der Waals surface area contributed by atoms with Crippen molar-refractivity contribution in [2.45, 2.75) is 32.7 Å². The first-order valence-electron chi connectivity index (χ1n) is 6.94. The Balaban J connectivity index is 2.53. The highest BCUT2D eigenvalue weighted by molar-refractivity contribution is 6.30. The number of hydrogen-bond donors (Lipinski definition) is 1. The highest BCUT2D eigenvalue weighted by Gasteiger charge is 2.10. The first-order valence-corrected chi connectivity index (χ1v) is 7.32. The first kappa shape index (κ1) is 16.4. The molecule has 0 amide bonds. The Morgan fingerprint density at radius 2 is 2.00 bits per heavy atom. The van der Waals surface area contributed by atoms with Crippen LogP contribution in [0.3, 0.4) is 0 Å². The van der Waals surface area contributed by atoms with Crippen molar-refractivity contribution in [3.8, 4) is 0 Å². The van der Waals surface area contributed by atoms with Crippen LogP contribution in [0.25, 0.3) is 0 Å². The lowest BCUT2D eigenvalue weighted by Gasteiger charge is -2.22. The molecule has 0 aliphatic rings. The van der Waals surface area contributed by atoms with Gasteiger partial charge in [-0.3, -0.25) is 0 Å². The van der Waals surface area contributed by atoms with Crippen LogP contribution < -0.4 is 5.32 Å². The van der Waals surface area contributed by atoms with Crippen molar-refractivity contribution in [2.75, 3.05) is 26.7 Å². The summed E-state index contributed by atoms with van der Waals surface area (Å²) in [7, 11) is 1.97. The third-order valence-electron chi connectivity index (χ3n) is 3.56. The van der Waals surface area contributed by atoms with E-state index in [1.165, 1.54) is 6.07 Å². The smallest absolute Gasteiger partial charge is 0.141 e. The molecule has 0 bridgehead atoms. The molecule has 0 heterocycles. The summed E-state index contributed by atoms with van der Waals surface area (Å²) in [5, 5.41) is 3.53.